The van der Waals surface area contributed by atoms with Crippen LogP contribution in [0.2, 0.25) is 0 Å². The minimum Gasteiger partial charge on any atom is -0.507 e. The van der Waals surface area contributed by atoms with Crippen LogP contribution in [0.3, 0.4) is 0 Å². The van der Waals surface area contributed by atoms with Crippen LogP contribution in [0, 0.1) is 0 Å². The molecule has 0 aliphatic carbocycles. The fraction of sp³-hybridized carbons (Fsp3) is 0.133. The van der Waals surface area contributed by atoms with Gasteiger partial charge < -0.3 is 25.2 Å². The van der Waals surface area contributed by atoms with E-state index in [2.05, 4.69) is 0 Å². The molecule has 0 aromatic heterocycles. The van der Waals surface area contributed by atoms with Crippen LogP contribution in [0.5, 0.6) is 11.5 Å². The average molecular weight is 322 g/mol. The lowest BCUT2D eigenvalue weighted by Gasteiger charge is -2.14. The summed E-state index contributed by atoms with van der Waals surface area (Å²) in [7, 11) is 1.28. The summed E-state index contributed by atoms with van der Waals surface area (Å²) in [5.41, 5.74) is -0.912. The zero-order valence-electron chi connectivity index (χ0n) is 12.2. The molecule has 4 N–H and O–H groups in total. The van der Waals surface area contributed by atoms with Gasteiger partial charge in [0.1, 0.15) is 17.1 Å². The molecule has 1 aromatic rings. The summed E-state index contributed by atoms with van der Waals surface area (Å²) >= 11 is 0. The number of ether oxygens (including phenoxy) is 1. The Labute approximate surface area is 130 Å². The molecule has 23 heavy (non-hydrogen) atoms. The molecule has 122 valence electrons. The van der Waals surface area contributed by atoms with Crippen LogP contribution < -0.4 is 4.74 Å². The van der Waals surface area contributed by atoms with E-state index in [-0.39, 0.29) is 22.5 Å². The molecule has 8 heteroatoms. The second-order valence-electron chi connectivity index (χ2n) is 4.44. The summed E-state index contributed by atoms with van der Waals surface area (Å²) < 4.78 is 4.92. The first-order valence-corrected chi connectivity index (χ1v) is 6.18. The fourth-order valence-electron chi connectivity index (χ4n) is 1.95. The summed E-state index contributed by atoms with van der Waals surface area (Å²) in [5.74, 6) is -4.78. The van der Waals surface area contributed by atoms with Crippen molar-refractivity contribution in [3.63, 3.8) is 0 Å². The van der Waals surface area contributed by atoms with E-state index in [9.17, 15) is 24.6 Å². The van der Waals surface area contributed by atoms with E-state index in [0.29, 0.717) is 6.08 Å². The molecule has 0 amide bonds. The molecule has 1 aromatic carbocycles. The molecule has 0 aliphatic heterocycles. The number of rotatable bonds is 6. The van der Waals surface area contributed by atoms with Gasteiger partial charge in [0.25, 0.3) is 0 Å². The molecule has 0 bridgehead atoms. The van der Waals surface area contributed by atoms with Crippen molar-refractivity contribution in [2.24, 2.45) is 0 Å². The topological polar surface area (TPSA) is 141 Å². The molecule has 0 aliphatic rings. The Balaban J connectivity index is 3.78. The van der Waals surface area contributed by atoms with E-state index >= 15 is 0 Å². The maximum atomic E-state index is 11.4. The molecule has 0 heterocycles. The number of carboxylic acids is 3. The van der Waals surface area contributed by atoms with Gasteiger partial charge in [0, 0.05) is 23.8 Å². The van der Waals surface area contributed by atoms with E-state index in [1.54, 1.807) is 0 Å². The van der Waals surface area contributed by atoms with Crippen molar-refractivity contribution in [3.8, 4) is 11.5 Å². The molecule has 0 spiro atoms. The van der Waals surface area contributed by atoms with Crippen molar-refractivity contribution in [1.29, 1.82) is 0 Å². The quantitative estimate of drug-likeness (QED) is 0.457. The van der Waals surface area contributed by atoms with Crippen LogP contribution >= 0.6 is 0 Å². The van der Waals surface area contributed by atoms with Gasteiger partial charge in [0.05, 0.1) is 7.11 Å². The Kier molecular flexibility index (Phi) is 5.50. The Morgan fingerprint density at radius 3 is 2.04 bits per heavy atom. The van der Waals surface area contributed by atoms with Gasteiger partial charge in [-0.2, -0.15) is 0 Å². The monoisotopic (exact) mass is 322 g/mol. The van der Waals surface area contributed by atoms with Crippen LogP contribution in [0.15, 0.2) is 29.9 Å². The first-order valence-electron chi connectivity index (χ1n) is 6.18. The molecule has 0 fully saturated rings. The van der Waals surface area contributed by atoms with Crippen LogP contribution in [0.4, 0.5) is 0 Å². The number of hydrogen-bond donors (Lipinski definition) is 4. The minimum atomic E-state index is -1.50. The molecule has 0 atom stereocenters. The van der Waals surface area contributed by atoms with Crippen molar-refractivity contribution in [3.05, 3.63) is 41.0 Å². The Morgan fingerprint density at radius 1 is 1.04 bits per heavy atom. The number of carboxylic acid groups (broad SMARTS) is 3. The number of aliphatic carboxylic acids is 2. The second kappa shape index (κ2) is 7.12. The lowest BCUT2D eigenvalue weighted by Crippen LogP contribution is -2.06. The lowest BCUT2D eigenvalue weighted by molar-refractivity contribution is -0.132. The van der Waals surface area contributed by atoms with Crippen LogP contribution in [0.25, 0.3) is 5.57 Å². The standard InChI is InChI=1S/C15H14O8/c1-7(3-12(17)18)9(6-13(19)20)10-4-8(23-2)5-11(16)14(10)15(21)22/h3-6,16H,1-2H3,(H,17,18)(H,19,20)(H,21,22). The highest BCUT2D eigenvalue weighted by molar-refractivity contribution is 6.04. The zero-order chi connectivity index (χ0) is 17.7. The summed E-state index contributed by atoms with van der Waals surface area (Å²) in [5, 5.41) is 36.9. The maximum Gasteiger partial charge on any atom is 0.340 e. The number of carbonyl (C=O) groups is 3. The normalized spacial score (nSPS) is 11.9. The van der Waals surface area contributed by atoms with Crippen molar-refractivity contribution >= 4 is 23.5 Å². The summed E-state index contributed by atoms with van der Waals surface area (Å²) in [6.07, 6.45) is 1.40. The first-order chi connectivity index (χ1) is 10.7. The van der Waals surface area contributed by atoms with Gasteiger partial charge in [-0.3, -0.25) is 0 Å². The van der Waals surface area contributed by atoms with Crippen molar-refractivity contribution in [2.45, 2.75) is 6.92 Å². The van der Waals surface area contributed by atoms with Gasteiger partial charge in [0.15, 0.2) is 0 Å². The van der Waals surface area contributed by atoms with Gasteiger partial charge in [-0.25, -0.2) is 14.4 Å². The van der Waals surface area contributed by atoms with E-state index < -0.39 is 29.2 Å². The number of hydrogen-bond acceptors (Lipinski definition) is 5. The highest BCUT2D eigenvalue weighted by Gasteiger charge is 2.22. The Morgan fingerprint density at radius 2 is 1.61 bits per heavy atom. The summed E-state index contributed by atoms with van der Waals surface area (Å²) in [4.78, 5) is 33.2. The van der Waals surface area contributed by atoms with Crippen LogP contribution in [0.1, 0.15) is 22.8 Å². The molecule has 0 saturated heterocycles. The van der Waals surface area contributed by atoms with E-state index in [4.69, 9.17) is 14.9 Å². The van der Waals surface area contributed by atoms with Crippen molar-refractivity contribution < 1.29 is 39.5 Å². The highest BCUT2D eigenvalue weighted by Crippen LogP contribution is 2.35. The van der Waals surface area contributed by atoms with Gasteiger partial charge in [-0.15, -0.1) is 0 Å². The van der Waals surface area contributed by atoms with Gasteiger partial charge >= 0.3 is 17.9 Å². The number of aromatic hydroxyl groups is 1. The summed E-state index contributed by atoms with van der Waals surface area (Å²) in [6, 6.07) is 2.26. The molecule has 8 nitrogen and oxygen atoms in total. The smallest absolute Gasteiger partial charge is 0.340 e. The van der Waals surface area contributed by atoms with Crippen LogP contribution in [-0.4, -0.2) is 45.4 Å². The largest absolute Gasteiger partial charge is 0.507 e. The third-order valence-corrected chi connectivity index (χ3v) is 2.86. The summed E-state index contributed by atoms with van der Waals surface area (Å²) in [6.45, 7) is 1.31. The molecule has 1 rings (SSSR count). The zero-order valence-corrected chi connectivity index (χ0v) is 12.2. The number of benzene rings is 1. The average Bonchev–Trinajstić information content (AvgIpc) is 2.42. The predicted molar refractivity (Wildman–Crippen MR) is 78.6 cm³/mol. The van der Waals surface area contributed by atoms with Crippen molar-refractivity contribution in [1.82, 2.24) is 0 Å². The number of aromatic carboxylic acids is 1. The molecule has 0 saturated carbocycles. The molecular formula is C15H14O8. The van der Waals surface area contributed by atoms with Gasteiger partial charge in [-0.1, -0.05) is 0 Å². The third-order valence-electron chi connectivity index (χ3n) is 2.86. The van der Waals surface area contributed by atoms with E-state index in [1.165, 1.54) is 20.1 Å². The SMILES string of the molecule is COc1cc(O)c(C(=O)O)c(C(=CC(=O)O)C(C)=CC(=O)O)c1. The molecular weight excluding hydrogens is 308 g/mol. The fourth-order valence-corrected chi connectivity index (χ4v) is 1.95. The minimum absolute atomic E-state index is 0.00458. The molecule has 0 radical (unpaired) electrons. The Hall–Kier alpha value is -3.29. The van der Waals surface area contributed by atoms with E-state index in [1.807, 2.05) is 0 Å². The number of methoxy groups -OCH3 is 1. The van der Waals surface area contributed by atoms with Crippen molar-refractivity contribution in [2.75, 3.05) is 7.11 Å². The first kappa shape index (κ1) is 17.8. The van der Waals surface area contributed by atoms with Gasteiger partial charge in [-0.05, 0) is 24.1 Å². The lowest BCUT2D eigenvalue weighted by atomic mass is 9.93. The maximum absolute atomic E-state index is 11.4. The van der Waals surface area contributed by atoms with Crippen LogP contribution in [-0.2, 0) is 9.59 Å². The number of allylic oxidation sites excluding steroid dienone is 2. The van der Waals surface area contributed by atoms with E-state index in [0.717, 1.165) is 12.1 Å². The van der Waals surface area contributed by atoms with Gasteiger partial charge in [0.2, 0.25) is 0 Å². The second-order valence-corrected chi connectivity index (χ2v) is 4.44. The third kappa shape index (κ3) is 4.34. The highest BCUT2D eigenvalue weighted by atomic mass is 16.5. The number of phenols is 1. The Bertz CT molecular complexity index is 727. The molecule has 0 unspecified atom stereocenters. The predicted octanol–water partition coefficient (Wildman–Crippen LogP) is 1.60.